The SMILES string of the molecule is COc1cc(N)c2c(c1)CCC[C@@H]2N. The van der Waals surface area contributed by atoms with E-state index in [2.05, 4.69) is 0 Å². The fourth-order valence-electron chi connectivity index (χ4n) is 2.14. The van der Waals surface area contributed by atoms with Crippen molar-refractivity contribution in [3.8, 4) is 5.75 Å². The molecule has 3 nitrogen and oxygen atoms in total. The molecule has 0 bridgehead atoms. The molecule has 0 aliphatic heterocycles. The van der Waals surface area contributed by atoms with Crippen molar-refractivity contribution in [3.63, 3.8) is 0 Å². The number of ether oxygens (including phenoxy) is 1. The molecule has 0 fully saturated rings. The Bertz CT molecular complexity index is 349. The minimum Gasteiger partial charge on any atom is -0.497 e. The van der Waals surface area contributed by atoms with E-state index >= 15 is 0 Å². The number of anilines is 1. The zero-order chi connectivity index (χ0) is 10.1. The van der Waals surface area contributed by atoms with E-state index in [4.69, 9.17) is 16.2 Å². The first kappa shape index (κ1) is 9.34. The summed E-state index contributed by atoms with van der Waals surface area (Å²) in [6, 6.07) is 4.00. The summed E-state index contributed by atoms with van der Waals surface area (Å²) in [6.45, 7) is 0. The molecule has 0 heterocycles. The Hall–Kier alpha value is -1.22. The molecule has 0 saturated heterocycles. The van der Waals surface area contributed by atoms with Gasteiger partial charge in [0.2, 0.25) is 0 Å². The van der Waals surface area contributed by atoms with Crippen molar-refractivity contribution >= 4 is 5.69 Å². The van der Waals surface area contributed by atoms with Crippen LogP contribution in [0.1, 0.15) is 30.0 Å². The van der Waals surface area contributed by atoms with Gasteiger partial charge in [-0.2, -0.15) is 0 Å². The highest BCUT2D eigenvalue weighted by molar-refractivity contribution is 5.57. The average molecular weight is 192 g/mol. The molecule has 1 aromatic carbocycles. The lowest BCUT2D eigenvalue weighted by atomic mass is 9.87. The van der Waals surface area contributed by atoms with Gasteiger partial charge in [-0.1, -0.05) is 0 Å². The second-order valence-corrected chi connectivity index (χ2v) is 3.79. The average Bonchev–Trinajstić information content (AvgIpc) is 2.17. The van der Waals surface area contributed by atoms with Crippen LogP contribution in [-0.4, -0.2) is 7.11 Å². The third-order valence-corrected chi connectivity index (χ3v) is 2.84. The van der Waals surface area contributed by atoms with Gasteiger partial charge in [-0.3, -0.25) is 0 Å². The van der Waals surface area contributed by atoms with E-state index in [1.807, 2.05) is 12.1 Å². The summed E-state index contributed by atoms with van der Waals surface area (Å²) in [4.78, 5) is 0. The first-order valence-electron chi connectivity index (χ1n) is 4.94. The van der Waals surface area contributed by atoms with Crippen LogP contribution in [-0.2, 0) is 6.42 Å². The smallest absolute Gasteiger partial charge is 0.121 e. The van der Waals surface area contributed by atoms with Gasteiger partial charge in [-0.05, 0) is 36.5 Å². The van der Waals surface area contributed by atoms with E-state index in [0.29, 0.717) is 0 Å². The summed E-state index contributed by atoms with van der Waals surface area (Å²) in [5.41, 5.74) is 15.1. The molecule has 0 aromatic heterocycles. The Morgan fingerprint density at radius 2 is 2.21 bits per heavy atom. The Morgan fingerprint density at radius 3 is 2.93 bits per heavy atom. The Kier molecular flexibility index (Phi) is 2.33. The molecule has 0 radical (unpaired) electrons. The molecule has 1 aliphatic rings. The molecular formula is C11H16N2O. The second kappa shape index (κ2) is 3.50. The number of nitrogens with two attached hydrogens (primary N) is 2. The lowest BCUT2D eigenvalue weighted by Gasteiger charge is -2.24. The van der Waals surface area contributed by atoms with Crippen LogP contribution < -0.4 is 16.2 Å². The Balaban J connectivity index is 2.51. The number of hydrogen-bond acceptors (Lipinski definition) is 3. The van der Waals surface area contributed by atoms with Crippen molar-refractivity contribution in [2.24, 2.45) is 5.73 Å². The lowest BCUT2D eigenvalue weighted by Crippen LogP contribution is -2.19. The zero-order valence-corrected chi connectivity index (χ0v) is 8.42. The molecule has 0 saturated carbocycles. The second-order valence-electron chi connectivity index (χ2n) is 3.79. The largest absolute Gasteiger partial charge is 0.497 e. The molecule has 1 aliphatic carbocycles. The minimum atomic E-state index is 0.102. The van der Waals surface area contributed by atoms with Crippen molar-refractivity contribution in [2.75, 3.05) is 12.8 Å². The van der Waals surface area contributed by atoms with E-state index in [1.54, 1.807) is 7.11 Å². The lowest BCUT2D eigenvalue weighted by molar-refractivity contribution is 0.413. The van der Waals surface area contributed by atoms with Crippen LogP contribution >= 0.6 is 0 Å². The van der Waals surface area contributed by atoms with E-state index in [0.717, 1.165) is 36.3 Å². The first-order valence-corrected chi connectivity index (χ1v) is 4.94. The number of benzene rings is 1. The fraction of sp³-hybridized carbons (Fsp3) is 0.455. The third kappa shape index (κ3) is 1.44. The summed E-state index contributed by atoms with van der Waals surface area (Å²) in [5, 5.41) is 0. The van der Waals surface area contributed by atoms with Crippen molar-refractivity contribution in [1.82, 2.24) is 0 Å². The molecule has 14 heavy (non-hydrogen) atoms. The summed E-state index contributed by atoms with van der Waals surface area (Å²) < 4.78 is 5.18. The van der Waals surface area contributed by atoms with Crippen LogP contribution in [0, 0.1) is 0 Å². The van der Waals surface area contributed by atoms with Gasteiger partial charge in [0.15, 0.2) is 0 Å². The Morgan fingerprint density at radius 1 is 1.43 bits per heavy atom. The quantitative estimate of drug-likeness (QED) is 0.664. The highest BCUT2D eigenvalue weighted by Gasteiger charge is 2.20. The van der Waals surface area contributed by atoms with Crippen LogP contribution in [0.15, 0.2) is 12.1 Å². The molecule has 0 spiro atoms. The van der Waals surface area contributed by atoms with E-state index in [9.17, 15) is 0 Å². The molecule has 3 heteroatoms. The molecule has 4 N–H and O–H groups in total. The number of hydrogen-bond donors (Lipinski definition) is 2. The number of aryl methyl sites for hydroxylation is 1. The number of rotatable bonds is 1. The van der Waals surface area contributed by atoms with Crippen LogP contribution in [0.4, 0.5) is 5.69 Å². The minimum absolute atomic E-state index is 0.102. The van der Waals surface area contributed by atoms with Crippen LogP contribution in [0.3, 0.4) is 0 Å². The molecular weight excluding hydrogens is 176 g/mol. The van der Waals surface area contributed by atoms with Gasteiger partial charge in [0.05, 0.1) is 7.11 Å². The summed E-state index contributed by atoms with van der Waals surface area (Å²) >= 11 is 0. The van der Waals surface area contributed by atoms with Gasteiger partial charge < -0.3 is 16.2 Å². The predicted molar refractivity (Wildman–Crippen MR) is 57.3 cm³/mol. The van der Waals surface area contributed by atoms with Gasteiger partial charge in [-0.15, -0.1) is 0 Å². The molecule has 76 valence electrons. The van der Waals surface area contributed by atoms with Gasteiger partial charge in [0.25, 0.3) is 0 Å². The van der Waals surface area contributed by atoms with Gasteiger partial charge in [0.1, 0.15) is 5.75 Å². The maximum atomic E-state index is 6.02. The summed E-state index contributed by atoms with van der Waals surface area (Å²) in [5.74, 6) is 0.829. The normalized spacial score (nSPS) is 20.3. The number of nitrogen functional groups attached to an aromatic ring is 1. The molecule has 0 amide bonds. The third-order valence-electron chi connectivity index (χ3n) is 2.84. The van der Waals surface area contributed by atoms with Gasteiger partial charge in [-0.25, -0.2) is 0 Å². The maximum Gasteiger partial charge on any atom is 0.121 e. The van der Waals surface area contributed by atoms with Gasteiger partial charge >= 0.3 is 0 Å². The van der Waals surface area contributed by atoms with E-state index in [1.165, 1.54) is 5.56 Å². The number of fused-ring (bicyclic) bond motifs is 1. The van der Waals surface area contributed by atoms with Crippen molar-refractivity contribution in [1.29, 1.82) is 0 Å². The van der Waals surface area contributed by atoms with Gasteiger partial charge in [0, 0.05) is 17.8 Å². The van der Waals surface area contributed by atoms with Crippen LogP contribution in [0.2, 0.25) is 0 Å². The molecule has 2 rings (SSSR count). The van der Waals surface area contributed by atoms with E-state index in [-0.39, 0.29) is 6.04 Å². The highest BCUT2D eigenvalue weighted by atomic mass is 16.5. The molecule has 0 unspecified atom stereocenters. The topological polar surface area (TPSA) is 61.3 Å². The molecule has 1 atom stereocenters. The van der Waals surface area contributed by atoms with E-state index < -0.39 is 0 Å². The van der Waals surface area contributed by atoms with Crippen LogP contribution in [0.5, 0.6) is 5.75 Å². The Labute approximate surface area is 84.0 Å². The number of methoxy groups -OCH3 is 1. The fourth-order valence-corrected chi connectivity index (χ4v) is 2.14. The standard InChI is InChI=1S/C11H16N2O/c1-14-8-5-7-3-2-4-9(12)11(7)10(13)6-8/h5-6,9H,2-4,12-13H2,1H3/t9-/m0/s1. The monoisotopic (exact) mass is 192 g/mol. The van der Waals surface area contributed by atoms with Crippen molar-refractivity contribution in [2.45, 2.75) is 25.3 Å². The van der Waals surface area contributed by atoms with Crippen molar-refractivity contribution in [3.05, 3.63) is 23.3 Å². The van der Waals surface area contributed by atoms with Crippen molar-refractivity contribution < 1.29 is 4.74 Å². The summed E-state index contributed by atoms with van der Waals surface area (Å²) in [7, 11) is 1.66. The van der Waals surface area contributed by atoms with Crippen LogP contribution in [0.25, 0.3) is 0 Å². The maximum absolute atomic E-state index is 6.02. The first-order chi connectivity index (χ1) is 6.72. The molecule has 1 aromatic rings. The summed E-state index contributed by atoms with van der Waals surface area (Å²) in [6.07, 6.45) is 3.23. The zero-order valence-electron chi connectivity index (χ0n) is 8.42. The highest BCUT2D eigenvalue weighted by Crippen LogP contribution is 2.35. The predicted octanol–water partition coefficient (Wildman–Crippen LogP) is 1.61.